The molecule has 1 aromatic heterocycles. The fourth-order valence-electron chi connectivity index (χ4n) is 1.84. The number of methoxy groups -OCH3 is 1. The van der Waals surface area contributed by atoms with E-state index in [9.17, 15) is 0 Å². The van der Waals surface area contributed by atoms with Gasteiger partial charge in [0.25, 0.3) is 0 Å². The molecule has 100 valence electrons. The molecule has 0 aliphatic heterocycles. The van der Waals surface area contributed by atoms with Crippen LogP contribution in [0.2, 0.25) is 0 Å². The van der Waals surface area contributed by atoms with Gasteiger partial charge in [0.2, 0.25) is 0 Å². The molecule has 0 radical (unpaired) electrons. The summed E-state index contributed by atoms with van der Waals surface area (Å²) in [4.78, 5) is 8.79. The highest BCUT2D eigenvalue weighted by molar-refractivity contribution is 5.67. The van der Waals surface area contributed by atoms with Crippen molar-refractivity contribution < 1.29 is 4.74 Å². The fourth-order valence-corrected chi connectivity index (χ4v) is 1.84. The summed E-state index contributed by atoms with van der Waals surface area (Å²) in [6, 6.07) is 7.87. The van der Waals surface area contributed by atoms with Crippen LogP contribution < -0.4 is 10.5 Å². The van der Waals surface area contributed by atoms with Crippen molar-refractivity contribution >= 4 is 0 Å². The second-order valence-electron chi connectivity index (χ2n) is 5.19. The molecule has 19 heavy (non-hydrogen) atoms. The highest BCUT2D eigenvalue weighted by Gasteiger charge is 2.19. The first-order chi connectivity index (χ1) is 8.91. The van der Waals surface area contributed by atoms with Crippen molar-refractivity contribution in [2.45, 2.75) is 26.3 Å². The zero-order valence-corrected chi connectivity index (χ0v) is 11.8. The van der Waals surface area contributed by atoms with Crippen LogP contribution in [0.5, 0.6) is 5.75 Å². The number of rotatable bonds is 3. The van der Waals surface area contributed by atoms with Gasteiger partial charge in [-0.2, -0.15) is 0 Å². The molecule has 0 atom stereocenters. The fraction of sp³-hybridized carbons (Fsp3) is 0.333. The van der Waals surface area contributed by atoms with E-state index in [1.165, 1.54) is 0 Å². The zero-order valence-electron chi connectivity index (χ0n) is 11.8. The molecule has 0 aliphatic rings. The van der Waals surface area contributed by atoms with E-state index in [4.69, 9.17) is 10.5 Å². The van der Waals surface area contributed by atoms with E-state index in [1.54, 1.807) is 13.3 Å². The Balaban J connectivity index is 2.56. The minimum atomic E-state index is -0.562. The van der Waals surface area contributed by atoms with Crippen molar-refractivity contribution in [1.29, 1.82) is 0 Å². The predicted molar refractivity (Wildman–Crippen MR) is 76.0 cm³/mol. The molecule has 0 saturated carbocycles. The van der Waals surface area contributed by atoms with Crippen LogP contribution in [0.15, 0.2) is 30.5 Å². The Morgan fingerprint density at radius 2 is 1.95 bits per heavy atom. The van der Waals surface area contributed by atoms with E-state index in [0.29, 0.717) is 5.82 Å². The van der Waals surface area contributed by atoms with E-state index >= 15 is 0 Å². The van der Waals surface area contributed by atoms with E-state index in [-0.39, 0.29) is 0 Å². The summed E-state index contributed by atoms with van der Waals surface area (Å²) in [7, 11) is 1.66. The van der Waals surface area contributed by atoms with E-state index in [0.717, 1.165) is 22.6 Å². The SMILES string of the molecule is COc1ccc(C)cc1-c1ccnc(C(C)(C)N)n1. The summed E-state index contributed by atoms with van der Waals surface area (Å²) in [5.74, 6) is 1.42. The van der Waals surface area contributed by atoms with Gasteiger partial charge < -0.3 is 10.5 Å². The van der Waals surface area contributed by atoms with Crippen LogP contribution in [0.3, 0.4) is 0 Å². The maximum absolute atomic E-state index is 6.05. The number of nitrogens with zero attached hydrogens (tertiary/aromatic N) is 2. The first-order valence-electron chi connectivity index (χ1n) is 6.19. The lowest BCUT2D eigenvalue weighted by atomic mass is 10.0. The normalized spacial score (nSPS) is 11.4. The zero-order chi connectivity index (χ0) is 14.0. The number of aryl methyl sites for hydroxylation is 1. The molecule has 1 aromatic carbocycles. The molecule has 0 spiro atoms. The Morgan fingerprint density at radius 3 is 2.58 bits per heavy atom. The molecule has 0 aliphatic carbocycles. The standard InChI is InChI=1S/C15H19N3O/c1-10-5-6-13(19-4)11(9-10)12-7-8-17-14(18-12)15(2,3)16/h5-9H,16H2,1-4H3. The molecular weight excluding hydrogens is 238 g/mol. The molecule has 4 nitrogen and oxygen atoms in total. The third-order valence-electron chi connectivity index (χ3n) is 2.86. The predicted octanol–water partition coefficient (Wildman–Crippen LogP) is 2.65. The minimum absolute atomic E-state index is 0.562. The maximum atomic E-state index is 6.05. The van der Waals surface area contributed by atoms with Gasteiger partial charge in [0.1, 0.15) is 11.6 Å². The molecule has 2 rings (SSSR count). The molecule has 0 unspecified atom stereocenters. The first-order valence-corrected chi connectivity index (χ1v) is 6.19. The summed E-state index contributed by atoms with van der Waals surface area (Å²) in [6.45, 7) is 5.82. The molecule has 0 bridgehead atoms. The average molecular weight is 257 g/mol. The second-order valence-corrected chi connectivity index (χ2v) is 5.19. The van der Waals surface area contributed by atoms with E-state index in [2.05, 4.69) is 16.0 Å². The lowest BCUT2D eigenvalue weighted by Gasteiger charge is -2.17. The maximum Gasteiger partial charge on any atom is 0.148 e. The Hall–Kier alpha value is -1.94. The summed E-state index contributed by atoms with van der Waals surface area (Å²) < 4.78 is 5.39. The van der Waals surface area contributed by atoms with Crippen LogP contribution in [0.25, 0.3) is 11.3 Å². The van der Waals surface area contributed by atoms with Crippen LogP contribution in [-0.4, -0.2) is 17.1 Å². The molecule has 2 N–H and O–H groups in total. The highest BCUT2D eigenvalue weighted by atomic mass is 16.5. The first kappa shape index (κ1) is 13.5. The van der Waals surface area contributed by atoms with Gasteiger partial charge in [-0.1, -0.05) is 11.6 Å². The minimum Gasteiger partial charge on any atom is -0.496 e. The summed E-state index contributed by atoms with van der Waals surface area (Å²) >= 11 is 0. The molecule has 0 amide bonds. The van der Waals surface area contributed by atoms with Crippen molar-refractivity contribution in [1.82, 2.24) is 9.97 Å². The molecular formula is C15H19N3O. The Morgan fingerprint density at radius 1 is 1.21 bits per heavy atom. The molecule has 0 fully saturated rings. The van der Waals surface area contributed by atoms with Crippen LogP contribution in [0.4, 0.5) is 0 Å². The largest absolute Gasteiger partial charge is 0.496 e. The number of nitrogens with two attached hydrogens (primary N) is 1. The highest BCUT2D eigenvalue weighted by Crippen LogP contribution is 2.30. The average Bonchev–Trinajstić information content (AvgIpc) is 2.38. The van der Waals surface area contributed by atoms with Crippen LogP contribution in [0, 0.1) is 6.92 Å². The number of aromatic nitrogens is 2. The number of hydrogen-bond acceptors (Lipinski definition) is 4. The lowest BCUT2D eigenvalue weighted by molar-refractivity contribution is 0.416. The van der Waals surface area contributed by atoms with Crippen molar-refractivity contribution in [3.63, 3.8) is 0 Å². The molecule has 1 heterocycles. The van der Waals surface area contributed by atoms with Gasteiger partial charge in [-0.25, -0.2) is 9.97 Å². The molecule has 4 heteroatoms. The van der Waals surface area contributed by atoms with Gasteiger partial charge in [-0.15, -0.1) is 0 Å². The van der Waals surface area contributed by atoms with Crippen molar-refractivity contribution in [3.8, 4) is 17.0 Å². The van der Waals surface area contributed by atoms with Crippen molar-refractivity contribution in [2.75, 3.05) is 7.11 Å². The monoisotopic (exact) mass is 257 g/mol. The number of benzene rings is 1. The molecule has 2 aromatic rings. The summed E-state index contributed by atoms with van der Waals surface area (Å²) in [5.41, 5.74) is 8.42. The quantitative estimate of drug-likeness (QED) is 0.918. The van der Waals surface area contributed by atoms with Gasteiger partial charge in [0.05, 0.1) is 18.3 Å². The van der Waals surface area contributed by atoms with Crippen molar-refractivity contribution in [3.05, 3.63) is 41.9 Å². The van der Waals surface area contributed by atoms with Crippen LogP contribution >= 0.6 is 0 Å². The van der Waals surface area contributed by atoms with Crippen LogP contribution in [-0.2, 0) is 5.54 Å². The topological polar surface area (TPSA) is 61.0 Å². The van der Waals surface area contributed by atoms with Gasteiger partial charge in [-0.3, -0.25) is 0 Å². The van der Waals surface area contributed by atoms with Gasteiger partial charge >= 0.3 is 0 Å². The summed E-state index contributed by atoms with van der Waals surface area (Å²) in [5, 5.41) is 0. The van der Waals surface area contributed by atoms with E-state index < -0.39 is 5.54 Å². The lowest BCUT2D eigenvalue weighted by Crippen LogP contribution is -2.31. The Bertz CT molecular complexity index is 588. The number of ether oxygens (including phenoxy) is 1. The third-order valence-corrected chi connectivity index (χ3v) is 2.86. The van der Waals surface area contributed by atoms with Gasteiger partial charge in [0.15, 0.2) is 0 Å². The smallest absolute Gasteiger partial charge is 0.148 e. The Labute approximate surface area is 113 Å². The Kier molecular flexibility index (Phi) is 3.53. The van der Waals surface area contributed by atoms with Gasteiger partial charge in [0, 0.05) is 11.8 Å². The third kappa shape index (κ3) is 2.90. The molecule has 0 saturated heterocycles. The van der Waals surface area contributed by atoms with Crippen LogP contribution in [0.1, 0.15) is 25.2 Å². The summed E-state index contributed by atoms with van der Waals surface area (Å²) in [6.07, 6.45) is 1.73. The number of hydrogen-bond donors (Lipinski definition) is 1. The van der Waals surface area contributed by atoms with Crippen molar-refractivity contribution in [2.24, 2.45) is 5.73 Å². The van der Waals surface area contributed by atoms with E-state index in [1.807, 2.05) is 39.0 Å². The second kappa shape index (κ2) is 4.97. The van der Waals surface area contributed by atoms with Gasteiger partial charge in [-0.05, 0) is 39.0 Å².